The number of hydrogen-bond acceptors (Lipinski definition) is 3. The largest absolute Gasteiger partial charge is 0.480 e. The summed E-state index contributed by atoms with van der Waals surface area (Å²) in [6, 6.07) is -0.764. The first kappa shape index (κ1) is 25.9. The van der Waals surface area contributed by atoms with Crippen LogP contribution in [0, 0.1) is 0 Å². The third kappa shape index (κ3) is 12.3. The van der Waals surface area contributed by atoms with Crippen LogP contribution in [-0.4, -0.2) is 23.7 Å². The summed E-state index contributed by atoms with van der Waals surface area (Å²) < 4.78 is 0. The van der Waals surface area contributed by atoms with Gasteiger partial charge in [0.1, 0.15) is 6.04 Å². The Bertz CT molecular complexity index is 625. The molecule has 0 saturated heterocycles. The number of rotatable bonds is 14. The number of unbranched alkanes of at least 4 members (excludes halogenated alkanes) is 2. The fraction of sp³-hybridized carbons (Fsp3) is 0.542. The summed E-state index contributed by atoms with van der Waals surface area (Å²) in [5, 5.41) is 12.1. The van der Waals surface area contributed by atoms with Gasteiger partial charge in [0, 0.05) is 12.2 Å². The molecule has 0 radical (unpaired) electrons. The standard InChI is InChI=1S/C24H40N2O2/c1-7-8-11-18(2)13-14-19(3)20(4)15-16-21(5)22(6)26-17-10-9-12-23(25)24(27)28/h13-16,23,26H,6-12,17,25H2,1-5H3,(H,27,28)/b18-13+,19-14+,20-15+,21-16+/t23-/m0/s1. The lowest BCUT2D eigenvalue weighted by Crippen LogP contribution is -2.30. The van der Waals surface area contributed by atoms with Gasteiger partial charge in [-0.2, -0.15) is 0 Å². The quantitative estimate of drug-likeness (QED) is 0.266. The molecule has 158 valence electrons. The van der Waals surface area contributed by atoms with Crippen LogP contribution in [0.5, 0.6) is 0 Å². The van der Waals surface area contributed by atoms with E-state index in [0.29, 0.717) is 6.42 Å². The number of carboxylic acid groups (broad SMARTS) is 1. The minimum absolute atomic E-state index is 0.498. The lowest BCUT2D eigenvalue weighted by atomic mass is 10.1. The fourth-order valence-corrected chi connectivity index (χ4v) is 2.41. The van der Waals surface area contributed by atoms with Gasteiger partial charge in [-0.05, 0) is 76.5 Å². The molecule has 0 unspecified atom stereocenters. The summed E-state index contributed by atoms with van der Waals surface area (Å²) in [5.41, 5.74) is 11.4. The zero-order chi connectivity index (χ0) is 21.5. The zero-order valence-electron chi connectivity index (χ0n) is 18.5. The number of allylic oxidation sites excluding steroid dienone is 8. The second-order valence-electron chi connectivity index (χ2n) is 7.51. The van der Waals surface area contributed by atoms with Crippen LogP contribution in [-0.2, 0) is 4.79 Å². The number of nitrogens with two attached hydrogens (primary N) is 1. The maximum Gasteiger partial charge on any atom is 0.320 e. The SMILES string of the molecule is C=C(NCCCC[C@H](N)C(=O)O)/C(C)=C/C=C(C)/C(C)=C/C=C(\C)CCCC. The van der Waals surface area contributed by atoms with E-state index in [1.54, 1.807) is 0 Å². The zero-order valence-corrected chi connectivity index (χ0v) is 18.5. The van der Waals surface area contributed by atoms with Gasteiger partial charge in [0.25, 0.3) is 0 Å². The highest BCUT2D eigenvalue weighted by Crippen LogP contribution is 2.13. The molecule has 0 spiro atoms. The van der Waals surface area contributed by atoms with Crippen LogP contribution in [0.2, 0.25) is 0 Å². The summed E-state index contributed by atoms with van der Waals surface area (Å²) in [7, 11) is 0. The Morgan fingerprint density at radius 3 is 2.14 bits per heavy atom. The first-order valence-corrected chi connectivity index (χ1v) is 10.3. The van der Waals surface area contributed by atoms with Crippen LogP contribution in [0.25, 0.3) is 0 Å². The highest BCUT2D eigenvalue weighted by atomic mass is 16.4. The van der Waals surface area contributed by atoms with Crippen molar-refractivity contribution in [3.63, 3.8) is 0 Å². The molecule has 0 heterocycles. The number of nitrogens with one attached hydrogen (secondary N) is 1. The van der Waals surface area contributed by atoms with Gasteiger partial charge in [-0.15, -0.1) is 0 Å². The van der Waals surface area contributed by atoms with Crippen LogP contribution >= 0.6 is 0 Å². The molecular formula is C24H40N2O2. The van der Waals surface area contributed by atoms with Gasteiger partial charge in [-0.1, -0.05) is 49.8 Å². The Hall–Kier alpha value is -2.07. The summed E-state index contributed by atoms with van der Waals surface area (Å²) in [4.78, 5) is 10.7. The topological polar surface area (TPSA) is 75.3 Å². The molecule has 0 aliphatic rings. The van der Waals surface area contributed by atoms with E-state index in [-0.39, 0.29) is 0 Å². The molecule has 0 aliphatic heterocycles. The van der Waals surface area contributed by atoms with Gasteiger partial charge in [0.2, 0.25) is 0 Å². The van der Waals surface area contributed by atoms with Gasteiger partial charge in [-0.3, -0.25) is 4.79 Å². The Balaban J connectivity index is 4.48. The lowest BCUT2D eigenvalue weighted by molar-refractivity contribution is -0.138. The van der Waals surface area contributed by atoms with Crippen molar-refractivity contribution in [1.82, 2.24) is 5.32 Å². The van der Waals surface area contributed by atoms with Crippen molar-refractivity contribution in [1.29, 1.82) is 0 Å². The van der Waals surface area contributed by atoms with Gasteiger partial charge in [0.05, 0.1) is 0 Å². The molecule has 28 heavy (non-hydrogen) atoms. The normalized spacial score (nSPS) is 14.8. The van der Waals surface area contributed by atoms with E-state index >= 15 is 0 Å². The summed E-state index contributed by atoms with van der Waals surface area (Å²) in [5.74, 6) is -0.936. The smallest absolute Gasteiger partial charge is 0.320 e. The Labute approximate surface area is 172 Å². The Morgan fingerprint density at radius 2 is 1.57 bits per heavy atom. The van der Waals surface area contributed by atoms with Crippen molar-refractivity contribution in [2.24, 2.45) is 5.73 Å². The number of carbonyl (C=O) groups is 1. The van der Waals surface area contributed by atoms with E-state index in [1.165, 1.54) is 29.6 Å². The van der Waals surface area contributed by atoms with Crippen molar-refractivity contribution >= 4 is 5.97 Å². The maximum atomic E-state index is 10.7. The van der Waals surface area contributed by atoms with Gasteiger partial charge >= 0.3 is 5.97 Å². The molecule has 0 amide bonds. The van der Waals surface area contributed by atoms with Gasteiger partial charge < -0.3 is 16.2 Å². The lowest BCUT2D eigenvalue weighted by Gasteiger charge is -2.10. The molecular weight excluding hydrogens is 348 g/mol. The van der Waals surface area contributed by atoms with Crippen LogP contribution in [0.3, 0.4) is 0 Å². The average molecular weight is 389 g/mol. The van der Waals surface area contributed by atoms with Crippen molar-refractivity contribution in [2.75, 3.05) is 6.54 Å². The molecule has 1 atom stereocenters. The van der Waals surface area contributed by atoms with Gasteiger partial charge in [0.15, 0.2) is 0 Å². The third-order valence-electron chi connectivity index (χ3n) is 4.82. The molecule has 0 fully saturated rings. The van der Waals surface area contributed by atoms with Crippen LogP contribution in [0.1, 0.15) is 73.1 Å². The Morgan fingerprint density at radius 1 is 1.00 bits per heavy atom. The van der Waals surface area contributed by atoms with E-state index in [0.717, 1.165) is 37.1 Å². The predicted octanol–water partition coefficient (Wildman–Crippen LogP) is 5.65. The van der Waals surface area contributed by atoms with E-state index < -0.39 is 12.0 Å². The van der Waals surface area contributed by atoms with Crippen molar-refractivity contribution in [3.8, 4) is 0 Å². The molecule has 4 nitrogen and oxygen atoms in total. The fourth-order valence-electron chi connectivity index (χ4n) is 2.41. The van der Waals surface area contributed by atoms with Crippen molar-refractivity contribution < 1.29 is 9.90 Å². The monoisotopic (exact) mass is 388 g/mol. The van der Waals surface area contributed by atoms with E-state index in [9.17, 15) is 4.79 Å². The molecule has 0 aromatic carbocycles. The van der Waals surface area contributed by atoms with E-state index in [2.05, 4.69) is 63.9 Å². The summed E-state index contributed by atoms with van der Waals surface area (Å²) in [6.07, 6.45) is 14.4. The molecule has 4 N–H and O–H groups in total. The first-order valence-electron chi connectivity index (χ1n) is 10.3. The van der Waals surface area contributed by atoms with Crippen LogP contribution in [0.4, 0.5) is 0 Å². The number of carboxylic acids is 1. The van der Waals surface area contributed by atoms with Crippen molar-refractivity contribution in [3.05, 3.63) is 58.9 Å². The summed E-state index contributed by atoms with van der Waals surface area (Å²) >= 11 is 0. The van der Waals surface area contributed by atoms with Crippen molar-refractivity contribution in [2.45, 2.75) is 79.2 Å². The molecule has 0 rings (SSSR count). The maximum absolute atomic E-state index is 10.7. The highest BCUT2D eigenvalue weighted by molar-refractivity contribution is 5.72. The molecule has 0 aromatic heterocycles. The molecule has 0 aromatic rings. The van der Waals surface area contributed by atoms with Crippen LogP contribution < -0.4 is 11.1 Å². The minimum Gasteiger partial charge on any atom is -0.480 e. The molecule has 4 heteroatoms. The van der Waals surface area contributed by atoms with Crippen LogP contribution in [0.15, 0.2) is 58.9 Å². The molecule has 0 bridgehead atoms. The number of hydrogen-bond donors (Lipinski definition) is 3. The highest BCUT2D eigenvalue weighted by Gasteiger charge is 2.09. The van der Waals surface area contributed by atoms with Gasteiger partial charge in [-0.25, -0.2) is 0 Å². The first-order chi connectivity index (χ1) is 13.2. The summed E-state index contributed by atoms with van der Waals surface area (Å²) in [6.45, 7) is 15.5. The second-order valence-corrected chi connectivity index (χ2v) is 7.51. The predicted molar refractivity (Wildman–Crippen MR) is 121 cm³/mol. The van der Waals surface area contributed by atoms with E-state index in [1.807, 2.05) is 6.92 Å². The molecule has 0 saturated carbocycles. The third-order valence-corrected chi connectivity index (χ3v) is 4.82. The molecule has 0 aliphatic carbocycles. The Kier molecular flexibility index (Phi) is 13.8. The average Bonchev–Trinajstić information content (AvgIpc) is 2.67. The second kappa shape index (κ2) is 14.9. The number of aliphatic carboxylic acids is 1. The minimum atomic E-state index is -0.936. The van der Waals surface area contributed by atoms with E-state index in [4.69, 9.17) is 10.8 Å².